The van der Waals surface area contributed by atoms with E-state index in [1.165, 1.54) is 6.07 Å². The molecule has 92 valence electrons. The van der Waals surface area contributed by atoms with Crippen LogP contribution in [0.4, 0.5) is 5.69 Å². The van der Waals surface area contributed by atoms with E-state index in [1.54, 1.807) is 6.07 Å². The summed E-state index contributed by atoms with van der Waals surface area (Å²) in [4.78, 5) is 12.0. The van der Waals surface area contributed by atoms with Gasteiger partial charge in [-0.05, 0) is 24.6 Å². The van der Waals surface area contributed by atoms with Crippen molar-refractivity contribution in [3.05, 3.63) is 51.8 Å². The minimum absolute atomic E-state index is 0.0190. The van der Waals surface area contributed by atoms with E-state index in [0.717, 1.165) is 5.56 Å². The number of anilines is 1. The normalized spacial score (nSPS) is 10.2. The molecule has 2 rings (SSSR count). The number of nitrogens with one attached hydrogen (secondary N) is 1. The molecule has 0 aliphatic carbocycles. The topological polar surface area (TPSA) is 54.9 Å². The van der Waals surface area contributed by atoms with Gasteiger partial charge in [0.25, 0.3) is 5.91 Å². The van der Waals surface area contributed by atoms with Gasteiger partial charge in [0.1, 0.15) is 0 Å². The summed E-state index contributed by atoms with van der Waals surface area (Å²) in [6.07, 6.45) is 0. The highest BCUT2D eigenvalue weighted by Gasteiger charge is 2.13. The van der Waals surface area contributed by atoms with Gasteiger partial charge in [-0.15, -0.1) is 10.2 Å². The Hall–Kier alpha value is -1.65. The van der Waals surface area contributed by atoms with E-state index in [1.807, 2.05) is 25.1 Å². The number of amides is 1. The van der Waals surface area contributed by atoms with Crippen molar-refractivity contribution >= 4 is 34.8 Å². The fraction of sp³-hybridized carbons (Fsp3) is 0.0833. The summed E-state index contributed by atoms with van der Waals surface area (Å²) in [6, 6.07) is 8.81. The molecule has 2 aromatic rings. The van der Waals surface area contributed by atoms with Crippen LogP contribution in [0.2, 0.25) is 10.3 Å². The number of aromatic nitrogens is 2. The summed E-state index contributed by atoms with van der Waals surface area (Å²) in [6.45, 7) is 1.90. The molecule has 1 N–H and O–H groups in total. The van der Waals surface area contributed by atoms with Crippen LogP contribution in [0.1, 0.15) is 15.9 Å². The predicted octanol–water partition coefficient (Wildman–Crippen LogP) is 3.34. The molecule has 0 fully saturated rings. The van der Waals surface area contributed by atoms with E-state index in [4.69, 9.17) is 23.2 Å². The first kappa shape index (κ1) is 12.8. The second-order valence-electron chi connectivity index (χ2n) is 3.64. The predicted molar refractivity (Wildman–Crippen MR) is 71.2 cm³/mol. The van der Waals surface area contributed by atoms with Gasteiger partial charge in [0, 0.05) is 5.69 Å². The van der Waals surface area contributed by atoms with E-state index in [-0.39, 0.29) is 21.8 Å². The zero-order valence-electron chi connectivity index (χ0n) is 9.45. The molecule has 0 spiro atoms. The maximum Gasteiger partial charge on any atom is 0.258 e. The molecule has 0 saturated carbocycles. The standard InChI is InChI=1S/C12H9Cl2N3O/c1-7-4-2-3-5-9(7)15-12(18)8-6-10(13)16-17-11(8)14/h2-6H,1H3,(H,15,18). The molecule has 0 aliphatic rings. The van der Waals surface area contributed by atoms with Gasteiger partial charge < -0.3 is 5.32 Å². The van der Waals surface area contributed by atoms with Crippen LogP contribution in [-0.4, -0.2) is 16.1 Å². The average molecular weight is 282 g/mol. The molecule has 0 unspecified atom stereocenters. The molecule has 0 aliphatic heterocycles. The Labute approximate surface area is 114 Å². The summed E-state index contributed by atoms with van der Waals surface area (Å²) in [5.41, 5.74) is 1.86. The van der Waals surface area contributed by atoms with E-state index in [9.17, 15) is 4.79 Å². The third-order valence-corrected chi connectivity index (χ3v) is 2.82. The molecule has 1 aromatic heterocycles. The molecule has 1 heterocycles. The lowest BCUT2D eigenvalue weighted by atomic mass is 10.2. The monoisotopic (exact) mass is 281 g/mol. The molecule has 0 radical (unpaired) electrons. The first-order valence-corrected chi connectivity index (χ1v) is 5.89. The summed E-state index contributed by atoms with van der Waals surface area (Å²) in [5.74, 6) is -0.369. The van der Waals surface area contributed by atoms with Crippen molar-refractivity contribution in [3.63, 3.8) is 0 Å². The lowest BCUT2D eigenvalue weighted by Crippen LogP contribution is -2.14. The van der Waals surface area contributed by atoms with E-state index >= 15 is 0 Å². The SMILES string of the molecule is Cc1ccccc1NC(=O)c1cc(Cl)nnc1Cl. The Bertz CT molecular complexity index is 602. The number of rotatable bonds is 2. The fourth-order valence-electron chi connectivity index (χ4n) is 1.42. The fourth-order valence-corrected chi connectivity index (χ4v) is 1.74. The van der Waals surface area contributed by atoms with Gasteiger partial charge in [0.2, 0.25) is 0 Å². The molecule has 0 saturated heterocycles. The lowest BCUT2D eigenvalue weighted by molar-refractivity contribution is 0.102. The molecule has 1 aromatic carbocycles. The van der Waals surface area contributed by atoms with Crippen LogP contribution in [0.15, 0.2) is 30.3 Å². The van der Waals surface area contributed by atoms with Crippen LogP contribution in [0, 0.1) is 6.92 Å². The van der Waals surface area contributed by atoms with Crippen molar-refractivity contribution in [2.24, 2.45) is 0 Å². The van der Waals surface area contributed by atoms with Crippen LogP contribution in [0.5, 0.6) is 0 Å². The van der Waals surface area contributed by atoms with Crippen molar-refractivity contribution in [2.45, 2.75) is 6.92 Å². The molecule has 1 amide bonds. The quantitative estimate of drug-likeness (QED) is 0.919. The third kappa shape index (κ3) is 2.78. The molecule has 6 heteroatoms. The van der Waals surface area contributed by atoms with E-state index < -0.39 is 0 Å². The number of hydrogen-bond acceptors (Lipinski definition) is 3. The Morgan fingerprint density at radius 3 is 2.67 bits per heavy atom. The van der Waals surface area contributed by atoms with Crippen molar-refractivity contribution < 1.29 is 4.79 Å². The first-order chi connectivity index (χ1) is 8.58. The third-order valence-electron chi connectivity index (χ3n) is 2.36. The van der Waals surface area contributed by atoms with Gasteiger partial charge in [0.15, 0.2) is 10.3 Å². The Morgan fingerprint density at radius 1 is 1.22 bits per heavy atom. The van der Waals surface area contributed by atoms with Crippen LogP contribution in [0.25, 0.3) is 0 Å². The second-order valence-corrected chi connectivity index (χ2v) is 4.39. The summed E-state index contributed by atoms with van der Waals surface area (Å²) in [7, 11) is 0. The molecule has 4 nitrogen and oxygen atoms in total. The minimum Gasteiger partial charge on any atom is -0.322 e. The Kier molecular flexibility index (Phi) is 3.79. The number of nitrogens with zero attached hydrogens (tertiary/aromatic N) is 2. The van der Waals surface area contributed by atoms with Gasteiger partial charge in [-0.25, -0.2) is 0 Å². The highest BCUT2D eigenvalue weighted by molar-refractivity contribution is 6.34. The lowest BCUT2D eigenvalue weighted by Gasteiger charge is -2.08. The molecule has 18 heavy (non-hydrogen) atoms. The van der Waals surface area contributed by atoms with Crippen LogP contribution in [0.3, 0.4) is 0 Å². The smallest absolute Gasteiger partial charge is 0.258 e. The summed E-state index contributed by atoms with van der Waals surface area (Å²) >= 11 is 11.5. The van der Waals surface area contributed by atoms with Crippen molar-refractivity contribution in [2.75, 3.05) is 5.32 Å². The van der Waals surface area contributed by atoms with E-state index in [2.05, 4.69) is 15.5 Å². The van der Waals surface area contributed by atoms with Crippen LogP contribution < -0.4 is 5.32 Å². The van der Waals surface area contributed by atoms with Crippen LogP contribution in [-0.2, 0) is 0 Å². The van der Waals surface area contributed by atoms with Gasteiger partial charge in [-0.2, -0.15) is 0 Å². The number of hydrogen-bond donors (Lipinski definition) is 1. The number of benzene rings is 1. The Balaban J connectivity index is 2.28. The molecule has 0 bridgehead atoms. The van der Waals surface area contributed by atoms with Crippen molar-refractivity contribution in [1.82, 2.24) is 10.2 Å². The van der Waals surface area contributed by atoms with E-state index in [0.29, 0.717) is 5.69 Å². The molecule has 0 atom stereocenters. The van der Waals surface area contributed by atoms with Crippen molar-refractivity contribution in [1.29, 1.82) is 0 Å². The number of halogens is 2. The average Bonchev–Trinajstić information content (AvgIpc) is 2.35. The highest BCUT2D eigenvalue weighted by Crippen LogP contribution is 2.19. The number of carbonyl (C=O) groups excluding carboxylic acids is 1. The maximum atomic E-state index is 12.0. The number of para-hydroxylation sites is 1. The van der Waals surface area contributed by atoms with Gasteiger partial charge >= 0.3 is 0 Å². The summed E-state index contributed by atoms with van der Waals surface area (Å²) < 4.78 is 0. The largest absolute Gasteiger partial charge is 0.322 e. The zero-order chi connectivity index (χ0) is 13.1. The second kappa shape index (κ2) is 5.33. The Morgan fingerprint density at radius 2 is 1.94 bits per heavy atom. The first-order valence-electron chi connectivity index (χ1n) is 5.13. The number of aryl methyl sites for hydroxylation is 1. The minimum atomic E-state index is -0.369. The summed E-state index contributed by atoms with van der Waals surface area (Å²) in [5, 5.41) is 10.0. The molecular weight excluding hydrogens is 273 g/mol. The highest BCUT2D eigenvalue weighted by atomic mass is 35.5. The maximum absolute atomic E-state index is 12.0. The van der Waals surface area contributed by atoms with Crippen LogP contribution >= 0.6 is 23.2 Å². The zero-order valence-corrected chi connectivity index (χ0v) is 11.0. The van der Waals surface area contributed by atoms with Gasteiger partial charge in [0.05, 0.1) is 5.56 Å². The van der Waals surface area contributed by atoms with Gasteiger partial charge in [-0.1, -0.05) is 41.4 Å². The van der Waals surface area contributed by atoms with Crippen molar-refractivity contribution in [3.8, 4) is 0 Å². The molecular formula is C12H9Cl2N3O. The number of carbonyl (C=O) groups is 1. The van der Waals surface area contributed by atoms with Gasteiger partial charge in [-0.3, -0.25) is 4.79 Å².